The van der Waals surface area contributed by atoms with E-state index in [4.69, 9.17) is 23.2 Å². The highest BCUT2D eigenvalue weighted by Crippen LogP contribution is 2.52. The predicted molar refractivity (Wildman–Crippen MR) is 154 cm³/mol. The molecule has 4 atom stereocenters. The van der Waals surface area contributed by atoms with Gasteiger partial charge in [0, 0.05) is 40.9 Å². The second kappa shape index (κ2) is 12.3. The molecule has 0 saturated carbocycles. The number of nitrogens with one attached hydrogen (secondary N) is 1. The smallest absolute Gasteiger partial charge is 0.304 e. The van der Waals surface area contributed by atoms with Crippen molar-refractivity contribution in [3.8, 4) is 0 Å². The molecule has 0 radical (unpaired) electrons. The Morgan fingerprint density at radius 1 is 1.12 bits per heavy atom. The van der Waals surface area contributed by atoms with Crippen LogP contribution in [0.25, 0.3) is 0 Å². The van der Waals surface area contributed by atoms with Crippen molar-refractivity contribution in [1.82, 2.24) is 14.6 Å². The third-order valence-electron chi connectivity index (χ3n) is 7.45. The molecule has 0 unspecified atom stereocenters. The van der Waals surface area contributed by atoms with Crippen molar-refractivity contribution in [3.05, 3.63) is 94.2 Å². The van der Waals surface area contributed by atoms with Crippen LogP contribution in [-0.4, -0.2) is 47.9 Å². The fraction of sp³-hybridized carbons (Fsp3) is 0.345. The summed E-state index contributed by atoms with van der Waals surface area (Å²) in [6.45, 7) is 3.46. The van der Waals surface area contributed by atoms with Crippen LogP contribution in [0.15, 0.2) is 78.0 Å². The van der Waals surface area contributed by atoms with Crippen LogP contribution in [-0.2, 0) is 19.6 Å². The highest BCUT2D eigenvalue weighted by molar-refractivity contribution is 7.89. The van der Waals surface area contributed by atoms with Crippen molar-refractivity contribution >= 4 is 45.1 Å². The molecule has 40 heavy (non-hydrogen) atoms. The summed E-state index contributed by atoms with van der Waals surface area (Å²) < 4.78 is 28.7. The number of sulfonamides is 1. The molecule has 1 aliphatic rings. The van der Waals surface area contributed by atoms with Gasteiger partial charge in [0.1, 0.15) is 4.90 Å². The maximum Gasteiger partial charge on any atom is 0.304 e. The van der Waals surface area contributed by atoms with Crippen LogP contribution in [0.4, 0.5) is 0 Å². The summed E-state index contributed by atoms with van der Waals surface area (Å²) in [4.78, 5) is 31.8. The molecule has 8 nitrogen and oxygen atoms in total. The average Bonchev–Trinajstić information content (AvgIpc) is 2.92. The lowest BCUT2D eigenvalue weighted by Crippen LogP contribution is -2.58. The predicted octanol–water partition coefficient (Wildman–Crippen LogP) is 5.68. The Hall–Kier alpha value is -2.98. The molecule has 2 heterocycles. The molecular formula is C29H31Cl2N3O5S. The quantitative estimate of drug-likeness (QED) is 0.308. The van der Waals surface area contributed by atoms with Crippen LogP contribution >= 0.6 is 23.2 Å². The Morgan fingerprint density at radius 3 is 2.45 bits per heavy atom. The van der Waals surface area contributed by atoms with E-state index in [1.54, 1.807) is 30.0 Å². The first-order valence-electron chi connectivity index (χ1n) is 12.9. The van der Waals surface area contributed by atoms with Gasteiger partial charge in [-0.2, -0.15) is 0 Å². The van der Waals surface area contributed by atoms with E-state index in [2.05, 4.69) is 9.71 Å². The number of aromatic nitrogens is 1. The number of piperidine rings is 1. The summed E-state index contributed by atoms with van der Waals surface area (Å²) in [5.74, 6) is -1.76. The molecular weight excluding hydrogens is 573 g/mol. The van der Waals surface area contributed by atoms with Crippen molar-refractivity contribution in [2.75, 3.05) is 6.54 Å². The number of amides is 1. The van der Waals surface area contributed by atoms with Gasteiger partial charge in [-0.1, -0.05) is 61.3 Å². The Kier molecular flexibility index (Phi) is 9.19. The van der Waals surface area contributed by atoms with E-state index in [1.807, 2.05) is 37.3 Å². The van der Waals surface area contributed by atoms with Gasteiger partial charge in [-0.05, 0) is 60.4 Å². The molecule has 3 aromatic rings. The third-order valence-corrected chi connectivity index (χ3v) is 9.35. The zero-order valence-corrected chi connectivity index (χ0v) is 24.5. The molecule has 1 amide bonds. The molecule has 2 aromatic carbocycles. The van der Waals surface area contributed by atoms with E-state index in [0.717, 1.165) is 11.1 Å². The minimum absolute atomic E-state index is 0.0107. The molecule has 2 N–H and O–H groups in total. The highest BCUT2D eigenvalue weighted by atomic mass is 35.5. The zero-order valence-electron chi connectivity index (χ0n) is 22.1. The topological polar surface area (TPSA) is 117 Å². The van der Waals surface area contributed by atoms with Crippen molar-refractivity contribution in [1.29, 1.82) is 0 Å². The lowest BCUT2D eigenvalue weighted by molar-refractivity contribution is -0.160. The van der Waals surface area contributed by atoms with Gasteiger partial charge in [0.2, 0.25) is 15.9 Å². The zero-order chi connectivity index (χ0) is 29.1. The van der Waals surface area contributed by atoms with Gasteiger partial charge in [-0.3, -0.25) is 14.6 Å². The second-order valence-corrected chi connectivity index (χ2v) is 12.9. The van der Waals surface area contributed by atoms with Crippen molar-refractivity contribution in [2.45, 2.75) is 56.0 Å². The van der Waals surface area contributed by atoms with E-state index in [0.29, 0.717) is 16.5 Å². The number of likely N-dealkylation sites (tertiary alicyclic amines) is 1. The monoisotopic (exact) mass is 603 g/mol. The number of rotatable bonds is 10. The molecule has 0 aliphatic carbocycles. The molecule has 1 saturated heterocycles. The largest absolute Gasteiger partial charge is 0.481 e. The summed E-state index contributed by atoms with van der Waals surface area (Å²) in [6, 6.07) is 16.4. The molecule has 0 bridgehead atoms. The summed E-state index contributed by atoms with van der Waals surface area (Å²) in [6.07, 6.45) is 3.04. The Bertz CT molecular complexity index is 1470. The molecule has 11 heteroatoms. The number of carbonyl (C=O) groups is 2. The van der Waals surface area contributed by atoms with Crippen LogP contribution in [0, 0.1) is 5.41 Å². The molecule has 4 rings (SSSR count). The standard InChI is InChI=1S/C29H31Cl2N3O5S/c1-3-23(17-33-40(38,39)24-8-5-13-32-18-24)34-27(19-9-11-21(30)12-10-19)25(20-6-4-7-22(31)14-20)15-29(2,28(34)37)16-26(35)36/h4-14,18,23,25,27,33H,3,15-17H2,1-2H3,(H,35,36)/t23-,25+,27+,29-/m0/s1. The van der Waals surface area contributed by atoms with Gasteiger partial charge in [-0.25, -0.2) is 13.1 Å². The molecule has 0 spiro atoms. The highest BCUT2D eigenvalue weighted by Gasteiger charge is 2.52. The molecule has 1 fully saturated rings. The average molecular weight is 605 g/mol. The minimum Gasteiger partial charge on any atom is -0.481 e. The first-order chi connectivity index (χ1) is 18.9. The number of halogens is 2. The minimum atomic E-state index is -3.91. The SMILES string of the molecule is CC[C@@H](CNS(=O)(=O)c1cccnc1)N1C(=O)[C@](C)(CC(=O)O)C[C@H](c2cccc(Cl)c2)[C@H]1c1ccc(Cl)cc1. The number of benzene rings is 2. The third kappa shape index (κ3) is 6.49. The van der Waals surface area contributed by atoms with Gasteiger partial charge >= 0.3 is 5.97 Å². The summed E-state index contributed by atoms with van der Waals surface area (Å²) >= 11 is 12.6. The van der Waals surface area contributed by atoms with Gasteiger partial charge in [-0.15, -0.1) is 0 Å². The van der Waals surface area contributed by atoms with E-state index < -0.39 is 33.5 Å². The van der Waals surface area contributed by atoms with Gasteiger partial charge in [0.25, 0.3) is 0 Å². The van der Waals surface area contributed by atoms with Crippen LogP contribution in [0.2, 0.25) is 10.0 Å². The second-order valence-electron chi connectivity index (χ2n) is 10.3. The first kappa shape index (κ1) is 30.0. The normalized spacial score (nSPS) is 22.2. The number of nitrogens with zero attached hydrogens (tertiary/aromatic N) is 2. The number of hydrogen-bond donors (Lipinski definition) is 2. The number of carboxylic acid groups (broad SMARTS) is 1. The molecule has 1 aliphatic heterocycles. The van der Waals surface area contributed by atoms with Crippen molar-refractivity contribution in [3.63, 3.8) is 0 Å². The lowest BCUT2D eigenvalue weighted by atomic mass is 9.67. The van der Waals surface area contributed by atoms with Gasteiger partial charge in [0.05, 0.1) is 17.9 Å². The summed E-state index contributed by atoms with van der Waals surface area (Å²) in [7, 11) is -3.91. The number of carboxylic acids is 1. The lowest BCUT2D eigenvalue weighted by Gasteiger charge is -2.52. The summed E-state index contributed by atoms with van der Waals surface area (Å²) in [5, 5.41) is 10.8. The molecule has 1 aromatic heterocycles. The maximum absolute atomic E-state index is 14.3. The van der Waals surface area contributed by atoms with Crippen LogP contribution in [0.3, 0.4) is 0 Å². The maximum atomic E-state index is 14.3. The van der Waals surface area contributed by atoms with E-state index in [-0.39, 0.29) is 36.1 Å². The number of aliphatic carboxylic acids is 1. The number of pyridine rings is 1. The Labute approximate surface area is 244 Å². The van der Waals surface area contributed by atoms with Crippen LogP contribution < -0.4 is 4.72 Å². The Morgan fingerprint density at radius 2 is 1.85 bits per heavy atom. The van der Waals surface area contributed by atoms with Crippen molar-refractivity contribution < 1.29 is 23.1 Å². The van der Waals surface area contributed by atoms with Gasteiger partial charge in [0.15, 0.2) is 0 Å². The first-order valence-corrected chi connectivity index (χ1v) is 15.1. The van der Waals surface area contributed by atoms with E-state index >= 15 is 0 Å². The van der Waals surface area contributed by atoms with Crippen LogP contribution in [0.1, 0.15) is 56.2 Å². The van der Waals surface area contributed by atoms with Gasteiger partial charge < -0.3 is 10.0 Å². The number of carbonyl (C=O) groups excluding carboxylic acids is 1. The molecule has 212 valence electrons. The fourth-order valence-electron chi connectivity index (χ4n) is 5.52. The van der Waals surface area contributed by atoms with Crippen LogP contribution in [0.5, 0.6) is 0 Å². The van der Waals surface area contributed by atoms with E-state index in [1.165, 1.54) is 24.5 Å². The fourth-order valence-corrected chi connectivity index (χ4v) is 6.88. The summed E-state index contributed by atoms with van der Waals surface area (Å²) in [5.41, 5.74) is 0.415. The number of hydrogen-bond acceptors (Lipinski definition) is 5. The Balaban J connectivity index is 1.83. The van der Waals surface area contributed by atoms with E-state index in [9.17, 15) is 23.1 Å². The van der Waals surface area contributed by atoms with Crippen molar-refractivity contribution in [2.24, 2.45) is 5.41 Å².